The lowest BCUT2D eigenvalue weighted by molar-refractivity contribution is -0.385. The van der Waals surface area contributed by atoms with Gasteiger partial charge in [-0.3, -0.25) is 14.9 Å². The van der Waals surface area contributed by atoms with E-state index in [1.165, 1.54) is 18.2 Å². The van der Waals surface area contributed by atoms with E-state index in [9.17, 15) is 14.9 Å². The molecule has 0 spiro atoms. The highest BCUT2D eigenvalue weighted by molar-refractivity contribution is 5.84. The normalized spacial score (nSPS) is 15.0. The highest BCUT2D eigenvalue weighted by atomic mass is 16.6. The number of anilines is 1. The van der Waals surface area contributed by atoms with Gasteiger partial charge in [0.05, 0.1) is 4.92 Å². The number of carbonyl (C=O) groups excluding carboxylic acids is 1. The van der Waals surface area contributed by atoms with E-state index in [0.717, 1.165) is 12.8 Å². The van der Waals surface area contributed by atoms with Crippen LogP contribution in [-0.4, -0.2) is 22.9 Å². The summed E-state index contributed by atoms with van der Waals surface area (Å²) < 4.78 is 0. The first-order valence-electron chi connectivity index (χ1n) is 6.26. The summed E-state index contributed by atoms with van der Waals surface area (Å²) in [5.41, 5.74) is 0.230. The molecule has 1 aromatic carbocycles. The van der Waals surface area contributed by atoms with Gasteiger partial charge in [0.25, 0.3) is 5.69 Å². The number of nitro groups is 1. The van der Waals surface area contributed by atoms with Crippen LogP contribution in [0.4, 0.5) is 11.4 Å². The number of hydrogen-bond donors (Lipinski definition) is 2. The van der Waals surface area contributed by atoms with Gasteiger partial charge in [0.15, 0.2) is 0 Å². The molecule has 1 saturated carbocycles. The number of nitrogens with one attached hydrogen (secondary N) is 2. The summed E-state index contributed by atoms with van der Waals surface area (Å²) in [5, 5.41) is 25.4. The zero-order valence-electron chi connectivity index (χ0n) is 10.9. The molecule has 0 heterocycles. The van der Waals surface area contributed by atoms with Crippen LogP contribution in [0, 0.1) is 21.4 Å². The number of carbonyl (C=O) groups is 1. The number of rotatable bonds is 5. The molecule has 1 aromatic rings. The zero-order chi connectivity index (χ0) is 14.7. The van der Waals surface area contributed by atoms with E-state index in [2.05, 4.69) is 10.6 Å². The van der Waals surface area contributed by atoms with Crippen molar-refractivity contribution in [1.29, 1.82) is 5.26 Å². The second-order valence-electron chi connectivity index (χ2n) is 4.75. The number of nitrogens with zero attached hydrogens (tertiary/aromatic N) is 2. The topological polar surface area (TPSA) is 108 Å². The predicted molar refractivity (Wildman–Crippen MR) is 72.1 cm³/mol. The van der Waals surface area contributed by atoms with Gasteiger partial charge >= 0.3 is 0 Å². The Kier molecular flexibility index (Phi) is 3.84. The molecule has 2 rings (SSSR count). The Labute approximate surface area is 115 Å². The summed E-state index contributed by atoms with van der Waals surface area (Å²) in [6.07, 6.45) is 2.02. The largest absolute Gasteiger partial charge is 0.374 e. The number of nitriles is 1. The molecule has 7 heteroatoms. The molecular weight excluding hydrogens is 260 g/mol. The maximum absolute atomic E-state index is 11.8. The monoisotopic (exact) mass is 274 g/mol. The van der Waals surface area contributed by atoms with E-state index in [4.69, 9.17) is 5.26 Å². The highest BCUT2D eigenvalue weighted by Crippen LogP contribution is 2.23. The van der Waals surface area contributed by atoms with Gasteiger partial charge < -0.3 is 10.6 Å². The molecule has 2 N–H and O–H groups in total. The standard InChI is InChI=1S/C13H14N4O3/c1-8(13(18)16-10-2-3-10)15-11-4-5-12(17(19)20)9(6-11)7-14/h4-6,8,10,15H,2-3H2,1H3,(H,16,18). The number of nitro benzene ring substituents is 1. The fraction of sp³-hybridized carbons (Fsp3) is 0.385. The van der Waals surface area contributed by atoms with Gasteiger partial charge in [0.1, 0.15) is 17.7 Å². The summed E-state index contributed by atoms with van der Waals surface area (Å²) in [4.78, 5) is 21.9. The maximum Gasteiger partial charge on any atom is 0.287 e. The third kappa shape index (κ3) is 3.23. The van der Waals surface area contributed by atoms with E-state index in [1.807, 2.05) is 0 Å². The van der Waals surface area contributed by atoms with Crippen LogP contribution in [0.5, 0.6) is 0 Å². The van der Waals surface area contributed by atoms with Crippen LogP contribution in [0.1, 0.15) is 25.3 Å². The SMILES string of the molecule is CC(Nc1ccc([N+](=O)[O-])c(C#N)c1)C(=O)NC1CC1. The van der Waals surface area contributed by atoms with E-state index in [-0.39, 0.29) is 23.2 Å². The molecule has 1 amide bonds. The lowest BCUT2D eigenvalue weighted by Gasteiger charge is -2.15. The molecule has 0 aliphatic heterocycles. The van der Waals surface area contributed by atoms with Gasteiger partial charge in [-0.2, -0.15) is 5.26 Å². The summed E-state index contributed by atoms with van der Waals surface area (Å²) >= 11 is 0. The van der Waals surface area contributed by atoms with Crippen LogP contribution in [-0.2, 0) is 4.79 Å². The van der Waals surface area contributed by atoms with Crippen LogP contribution in [0.15, 0.2) is 18.2 Å². The van der Waals surface area contributed by atoms with Gasteiger partial charge in [-0.05, 0) is 31.9 Å². The van der Waals surface area contributed by atoms with E-state index in [1.54, 1.807) is 13.0 Å². The molecule has 20 heavy (non-hydrogen) atoms. The fourth-order valence-electron chi connectivity index (χ4n) is 1.74. The van der Waals surface area contributed by atoms with Crippen molar-refractivity contribution in [2.45, 2.75) is 31.8 Å². The summed E-state index contributed by atoms with van der Waals surface area (Å²) in [5.74, 6) is -0.121. The molecule has 7 nitrogen and oxygen atoms in total. The average Bonchev–Trinajstić information content (AvgIpc) is 3.22. The van der Waals surface area contributed by atoms with Crippen molar-refractivity contribution in [3.05, 3.63) is 33.9 Å². The minimum atomic E-state index is -0.606. The number of hydrogen-bond acceptors (Lipinski definition) is 5. The number of benzene rings is 1. The second-order valence-corrected chi connectivity index (χ2v) is 4.75. The Morgan fingerprint density at radius 1 is 1.55 bits per heavy atom. The second kappa shape index (κ2) is 5.57. The Bertz CT molecular complexity index is 590. The quantitative estimate of drug-likeness (QED) is 0.625. The van der Waals surface area contributed by atoms with Gasteiger partial charge in [-0.25, -0.2) is 0 Å². The molecule has 0 saturated heterocycles. The predicted octanol–water partition coefficient (Wildman–Crippen LogP) is 1.55. The maximum atomic E-state index is 11.8. The third-order valence-corrected chi connectivity index (χ3v) is 3.01. The lowest BCUT2D eigenvalue weighted by Crippen LogP contribution is -2.38. The number of amides is 1. The highest BCUT2D eigenvalue weighted by Gasteiger charge is 2.25. The molecule has 104 valence electrons. The van der Waals surface area contributed by atoms with Crippen LogP contribution < -0.4 is 10.6 Å². The van der Waals surface area contributed by atoms with Gasteiger partial charge in [0.2, 0.25) is 5.91 Å². The molecule has 0 aromatic heterocycles. The first-order chi connectivity index (χ1) is 9.51. The molecule has 0 bridgehead atoms. The average molecular weight is 274 g/mol. The molecule has 0 radical (unpaired) electrons. The summed E-state index contributed by atoms with van der Waals surface area (Å²) in [7, 11) is 0. The summed E-state index contributed by atoms with van der Waals surface area (Å²) in [6.45, 7) is 1.70. The van der Waals surface area contributed by atoms with Gasteiger partial charge in [-0.15, -0.1) is 0 Å². The van der Waals surface area contributed by atoms with Crippen LogP contribution in [0.25, 0.3) is 0 Å². The zero-order valence-corrected chi connectivity index (χ0v) is 10.9. The molecular formula is C13H14N4O3. The van der Waals surface area contributed by atoms with Crippen molar-refractivity contribution in [2.75, 3.05) is 5.32 Å². The van der Waals surface area contributed by atoms with Crippen molar-refractivity contribution < 1.29 is 9.72 Å². The first kappa shape index (κ1) is 13.8. The smallest absolute Gasteiger partial charge is 0.287 e. The van der Waals surface area contributed by atoms with Crippen molar-refractivity contribution in [2.24, 2.45) is 0 Å². The van der Waals surface area contributed by atoms with Crippen molar-refractivity contribution in [3.8, 4) is 6.07 Å². The first-order valence-corrected chi connectivity index (χ1v) is 6.26. The van der Waals surface area contributed by atoms with E-state index < -0.39 is 11.0 Å². The van der Waals surface area contributed by atoms with Crippen molar-refractivity contribution in [1.82, 2.24) is 5.32 Å². The Balaban J connectivity index is 2.07. The van der Waals surface area contributed by atoms with Gasteiger partial charge in [0, 0.05) is 17.8 Å². The van der Waals surface area contributed by atoms with Gasteiger partial charge in [-0.1, -0.05) is 0 Å². The van der Waals surface area contributed by atoms with Crippen molar-refractivity contribution >= 4 is 17.3 Å². The molecule has 1 aliphatic rings. The lowest BCUT2D eigenvalue weighted by atomic mass is 10.1. The Hall–Kier alpha value is -2.62. The molecule has 1 atom stereocenters. The van der Waals surface area contributed by atoms with E-state index >= 15 is 0 Å². The fourth-order valence-corrected chi connectivity index (χ4v) is 1.74. The minimum absolute atomic E-state index is 0.0326. The van der Waals surface area contributed by atoms with Crippen LogP contribution >= 0.6 is 0 Å². The molecule has 1 fully saturated rings. The molecule has 1 unspecified atom stereocenters. The molecule has 1 aliphatic carbocycles. The van der Waals surface area contributed by atoms with Crippen molar-refractivity contribution in [3.63, 3.8) is 0 Å². The summed E-state index contributed by atoms with van der Waals surface area (Å²) in [6, 6.07) is 5.70. The Morgan fingerprint density at radius 2 is 2.25 bits per heavy atom. The minimum Gasteiger partial charge on any atom is -0.374 e. The van der Waals surface area contributed by atoms with Crippen LogP contribution in [0.2, 0.25) is 0 Å². The third-order valence-electron chi connectivity index (χ3n) is 3.01. The van der Waals surface area contributed by atoms with Crippen LogP contribution in [0.3, 0.4) is 0 Å². The Morgan fingerprint density at radius 3 is 2.80 bits per heavy atom. The van der Waals surface area contributed by atoms with E-state index in [0.29, 0.717) is 5.69 Å².